The summed E-state index contributed by atoms with van der Waals surface area (Å²) in [4.78, 5) is 0.235. The molecular weight excluding hydrogens is 391 g/mol. The number of benzene rings is 3. The Morgan fingerprint density at radius 2 is 1.73 bits per heavy atom. The summed E-state index contributed by atoms with van der Waals surface area (Å²) in [6.45, 7) is 1.60. The minimum atomic E-state index is -3.72. The first kappa shape index (κ1) is 19.0. The van der Waals surface area contributed by atoms with Gasteiger partial charge < -0.3 is 5.32 Å². The van der Waals surface area contributed by atoms with Crippen LogP contribution in [0.25, 0.3) is 10.8 Å². The van der Waals surface area contributed by atoms with Crippen LogP contribution < -0.4 is 10.0 Å². The first-order chi connectivity index (χ1) is 12.1. The van der Waals surface area contributed by atoms with Crippen LogP contribution in [-0.4, -0.2) is 15.0 Å². The van der Waals surface area contributed by atoms with Crippen LogP contribution in [0.5, 0.6) is 0 Å². The molecule has 0 fully saturated rings. The summed E-state index contributed by atoms with van der Waals surface area (Å²) in [5.74, 6) is 0. The standard InChI is InChI=1S/C19H17ClN2O2S.ClH/c20-17-8-9-19(16-6-2-1-5-15(16)17)25(23,24)22-18-7-3-4-13-12-21-11-10-14(13)18;/h1-9,21-22H,10-12H2;1H. The number of fused-ring (bicyclic) bond motifs is 2. The number of halogens is 2. The molecule has 3 aromatic rings. The third kappa shape index (κ3) is 3.40. The van der Waals surface area contributed by atoms with Crippen molar-refractivity contribution in [2.45, 2.75) is 17.9 Å². The van der Waals surface area contributed by atoms with Crippen LogP contribution in [0.15, 0.2) is 59.5 Å². The lowest BCUT2D eigenvalue weighted by Gasteiger charge is -2.21. The van der Waals surface area contributed by atoms with Crippen molar-refractivity contribution in [3.8, 4) is 0 Å². The molecule has 26 heavy (non-hydrogen) atoms. The maximum absolute atomic E-state index is 13.0. The fourth-order valence-corrected chi connectivity index (χ4v) is 4.83. The molecule has 1 heterocycles. The molecule has 3 aromatic carbocycles. The van der Waals surface area contributed by atoms with Gasteiger partial charge in [0.1, 0.15) is 0 Å². The molecule has 0 aliphatic carbocycles. The highest BCUT2D eigenvalue weighted by atomic mass is 35.5. The van der Waals surface area contributed by atoms with Crippen molar-refractivity contribution in [2.24, 2.45) is 0 Å². The second-order valence-corrected chi connectivity index (χ2v) is 8.12. The summed E-state index contributed by atoms with van der Waals surface area (Å²) in [5, 5.41) is 5.19. The molecule has 2 N–H and O–H groups in total. The molecule has 1 aliphatic heterocycles. The molecule has 4 rings (SSSR count). The van der Waals surface area contributed by atoms with E-state index in [1.165, 1.54) is 0 Å². The van der Waals surface area contributed by atoms with Gasteiger partial charge in [-0.25, -0.2) is 8.42 Å². The highest BCUT2D eigenvalue weighted by molar-refractivity contribution is 7.93. The van der Waals surface area contributed by atoms with E-state index in [2.05, 4.69) is 10.0 Å². The lowest BCUT2D eigenvalue weighted by Crippen LogP contribution is -2.25. The molecule has 0 spiro atoms. The summed E-state index contributed by atoms with van der Waals surface area (Å²) in [5.41, 5.74) is 2.84. The molecule has 0 unspecified atom stereocenters. The third-order valence-electron chi connectivity index (χ3n) is 4.50. The maximum Gasteiger partial charge on any atom is 0.262 e. The number of nitrogens with one attached hydrogen (secondary N) is 2. The van der Waals surface area contributed by atoms with Gasteiger partial charge in [-0.05, 0) is 42.3 Å². The van der Waals surface area contributed by atoms with Crippen molar-refractivity contribution in [1.29, 1.82) is 0 Å². The molecule has 7 heteroatoms. The van der Waals surface area contributed by atoms with Gasteiger partial charge in [0.2, 0.25) is 0 Å². The van der Waals surface area contributed by atoms with Crippen LogP contribution in [0.1, 0.15) is 11.1 Å². The van der Waals surface area contributed by atoms with E-state index in [-0.39, 0.29) is 17.3 Å². The smallest absolute Gasteiger partial charge is 0.262 e. The Morgan fingerprint density at radius 3 is 2.54 bits per heavy atom. The summed E-state index contributed by atoms with van der Waals surface area (Å²) in [7, 11) is -3.72. The largest absolute Gasteiger partial charge is 0.312 e. The molecule has 0 bridgehead atoms. The van der Waals surface area contributed by atoms with E-state index in [0.29, 0.717) is 16.1 Å². The predicted octanol–water partition coefficient (Wildman–Crippen LogP) is 4.36. The average molecular weight is 409 g/mol. The highest BCUT2D eigenvalue weighted by Crippen LogP contribution is 2.31. The predicted molar refractivity (Wildman–Crippen MR) is 109 cm³/mol. The Bertz CT molecular complexity index is 1070. The molecule has 0 saturated heterocycles. The Morgan fingerprint density at radius 1 is 0.962 bits per heavy atom. The van der Waals surface area contributed by atoms with Crippen molar-refractivity contribution < 1.29 is 8.42 Å². The Hall–Kier alpha value is -1.79. The van der Waals surface area contributed by atoms with Gasteiger partial charge in [0.05, 0.1) is 10.6 Å². The number of rotatable bonds is 3. The van der Waals surface area contributed by atoms with Crippen LogP contribution in [0.3, 0.4) is 0 Å². The van der Waals surface area contributed by atoms with E-state index in [1.807, 2.05) is 36.4 Å². The van der Waals surface area contributed by atoms with E-state index < -0.39 is 10.0 Å². The van der Waals surface area contributed by atoms with Gasteiger partial charge >= 0.3 is 0 Å². The third-order valence-corrected chi connectivity index (χ3v) is 6.26. The van der Waals surface area contributed by atoms with Gasteiger partial charge in [-0.2, -0.15) is 0 Å². The highest BCUT2D eigenvalue weighted by Gasteiger charge is 2.21. The number of hydrogen-bond donors (Lipinski definition) is 2. The van der Waals surface area contributed by atoms with Crippen LogP contribution in [0.4, 0.5) is 5.69 Å². The van der Waals surface area contributed by atoms with Crippen molar-refractivity contribution >= 4 is 50.5 Å². The molecule has 0 aromatic heterocycles. The zero-order valence-corrected chi connectivity index (χ0v) is 16.2. The van der Waals surface area contributed by atoms with Crippen LogP contribution in [0.2, 0.25) is 5.02 Å². The molecule has 0 saturated carbocycles. The summed E-state index contributed by atoms with van der Waals surface area (Å²) < 4.78 is 28.9. The summed E-state index contributed by atoms with van der Waals surface area (Å²) in [6, 6.07) is 16.2. The number of hydrogen-bond acceptors (Lipinski definition) is 3. The Balaban J connectivity index is 0.00000196. The molecule has 1 aliphatic rings. The zero-order chi connectivity index (χ0) is 17.4. The maximum atomic E-state index is 13.0. The monoisotopic (exact) mass is 408 g/mol. The van der Waals surface area contributed by atoms with Gasteiger partial charge in [0.25, 0.3) is 10.0 Å². The van der Waals surface area contributed by atoms with E-state index in [4.69, 9.17) is 11.6 Å². The van der Waals surface area contributed by atoms with Crippen molar-refractivity contribution in [2.75, 3.05) is 11.3 Å². The lowest BCUT2D eigenvalue weighted by molar-refractivity contribution is 0.601. The quantitative estimate of drug-likeness (QED) is 0.676. The number of anilines is 1. The molecule has 0 radical (unpaired) electrons. The van der Waals surface area contributed by atoms with Gasteiger partial charge in [0, 0.05) is 22.3 Å². The fourth-order valence-electron chi connectivity index (χ4n) is 3.30. The summed E-state index contributed by atoms with van der Waals surface area (Å²) >= 11 is 6.21. The molecule has 0 amide bonds. The minimum absolute atomic E-state index is 0. The van der Waals surface area contributed by atoms with E-state index in [0.717, 1.165) is 36.0 Å². The second kappa shape index (κ2) is 7.45. The van der Waals surface area contributed by atoms with E-state index in [1.54, 1.807) is 18.2 Å². The van der Waals surface area contributed by atoms with Gasteiger partial charge in [-0.15, -0.1) is 12.4 Å². The Kier molecular flexibility index (Phi) is 5.44. The van der Waals surface area contributed by atoms with Crippen molar-refractivity contribution in [3.05, 3.63) is 70.7 Å². The molecule has 0 atom stereocenters. The van der Waals surface area contributed by atoms with Crippen molar-refractivity contribution in [1.82, 2.24) is 5.32 Å². The normalized spacial score (nSPS) is 13.7. The van der Waals surface area contributed by atoms with Crippen molar-refractivity contribution in [3.63, 3.8) is 0 Å². The van der Waals surface area contributed by atoms with Gasteiger partial charge in [-0.1, -0.05) is 48.0 Å². The molecular formula is C19H18Cl2N2O2S. The second-order valence-electron chi connectivity index (χ2n) is 6.07. The van der Waals surface area contributed by atoms with Crippen LogP contribution >= 0.6 is 24.0 Å². The minimum Gasteiger partial charge on any atom is -0.312 e. The lowest BCUT2D eigenvalue weighted by atomic mass is 9.99. The van der Waals surface area contributed by atoms with E-state index in [9.17, 15) is 8.42 Å². The molecule has 136 valence electrons. The zero-order valence-electron chi connectivity index (χ0n) is 13.8. The Labute approximate surface area is 164 Å². The first-order valence-electron chi connectivity index (χ1n) is 8.08. The fraction of sp³-hybridized carbons (Fsp3) is 0.158. The van der Waals surface area contributed by atoms with Crippen LogP contribution in [0, 0.1) is 0 Å². The first-order valence-corrected chi connectivity index (χ1v) is 9.94. The number of sulfonamides is 1. The average Bonchev–Trinajstić information content (AvgIpc) is 2.62. The topological polar surface area (TPSA) is 58.2 Å². The van der Waals surface area contributed by atoms with Crippen LogP contribution in [-0.2, 0) is 23.0 Å². The van der Waals surface area contributed by atoms with E-state index >= 15 is 0 Å². The van der Waals surface area contributed by atoms with Gasteiger partial charge in [0.15, 0.2) is 0 Å². The summed E-state index contributed by atoms with van der Waals surface area (Å²) in [6.07, 6.45) is 0.801. The molecule has 4 nitrogen and oxygen atoms in total. The van der Waals surface area contributed by atoms with Gasteiger partial charge in [-0.3, -0.25) is 4.72 Å². The SMILES string of the molecule is Cl.O=S(=O)(Nc1cccc2c1CCNC2)c1ccc(Cl)c2ccccc12.